The second-order valence-electron chi connectivity index (χ2n) is 9.35. The van der Waals surface area contributed by atoms with E-state index in [9.17, 15) is 9.18 Å². The summed E-state index contributed by atoms with van der Waals surface area (Å²) in [5, 5.41) is 8.85. The Morgan fingerprint density at radius 2 is 1.91 bits per heavy atom. The maximum atomic E-state index is 14.1. The fraction of sp³-hybridized carbons (Fsp3) is 0.458. The van der Waals surface area contributed by atoms with Crippen LogP contribution in [0.5, 0.6) is 5.88 Å². The van der Waals surface area contributed by atoms with Crippen molar-refractivity contribution in [2.24, 2.45) is 11.8 Å². The Bertz CT molecular complexity index is 1030. The van der Waals surface area contributed by atoms with Crippen LogP contribution in [-0.2, 0) is 11.3 Å². The Balaban J connectivity index is 1.34. The third-order valence-corrected chi connectivity index (χ3v) is 5.73. The first-order valence-corrected chi connectivity index (χ1v) is 10.7. The van der Waals surface area contributed by atoms with Crippen molar-refractivity contribution in [1.82, 2.24) is 9.88 Å². The van der Waals surface area contributed by atoms with E-state index in [0.29, 0.717) is 36.4 Å². The van der Waals surface area contributed by atoms with Crippen LogP contribution >= 0.6 is 0 Å². The summed E-state index contributed by atoms with van der Waals surface area (Å²) in [5.41, 5.74) is 0.150. The summed E-state index contributed by atoms with van der Waals surface area (Å²) in [6.45, 7) is 8.65. The van der Waals surface area contributed by atoms with Crippen molar-refractivity contribution in [3.63, 3.8) is 0 Å². The highest BCUT2D eigenvalue weighted by atomic mass is 19.1. The molecule has 7 nitrogen and oxygen atoms in total. The van der Waals surface area contributed by atoms with Crippen LogP contribution in [0.1, 0.15) is 31.9 Å². The van der Waals surface area contributed by atoms with Crippen molar-refractivity contribution in [2.75, 3.05) is 31.1 Å². The Kier molecular flexibility index (Phi) is 5.92. The van der Waals surface area contributed by atoms with Crippen LogP contribution in [0, 0.1) is 29.0 Å². The Morgan fingerprint density at radius 3 is 2.53 bits per heavy atom. The molecule has 2 aliphatic rings. The highest BCUT2D eigenvalue weighted by molar-refractivity contribution is 5.68. The van der Waals surface area contributed by atoms with Crippen LogP contribution in [0.15, 0.2) is 36.4 Å². The average Bonchev–Trinajstić information content (AvgIpc) is 3.31. The molecule has 0 N–H and O–H groups in total. The van der Waals surface area contributed by atoms with E-state index in [4.69, 9.17) is 14.7 Å². The van der Waals surface area contributed by atoms with E-state index in [1.165, 1.54) is 6.07 Å². The molecular weight excluding hydrogens is 411 g/mol. The molecule has 0 spiro atoms. The predicted octanol–water partition coefficient (Wildman–Crippen LogP) is 3.97. The zero-order chi connectivity index (χ0) is 22.9. The van der Waals surface area contributed by atoms with Gasteiger partial charge >= 0.3 is 6.09 Å². The molecule has 4 rings (SSSR count). The number of rotatable bonds is 4. The number of pyridine rings is 1. The lowest BCUT2D eigenvalue weighted by atomic mass is 10.0. The van der Waals surface area contributed by atoms with Crippen LogP contribution in [-0.4, -0.2) is 47.8 Å². The van der Waals surface area contributed by atoms with E-state index < -0.39 is 11.4 Å². The lowest BCUT2D eigenvalue weighted by molar-refractivity contribution is 0.0282. The van der Waals surface area contributed by atoms with Gasteiger partial charge in [-0.2, -0.15) is 10.2 Å². The average molecular weight is 439 g/mol. The number of likely N-dealkylation sites (tertiary alicyclic amines) is 1. The second kappa shape index (κ2) is 8.65. The molecule has 1 aromatic heterocycles. The first-order valence-electron chi connectivity index (χ1n) is 10.7. The van der Waals surface area contributed by atoms with Crippen molar-refractivity contribution in [2.45, 2.75) is 33.0 Å². The Hall–Kier alpha value is -3.34. The number of amides is 1. The molecule has 1 amide bonds. The molecule has 3 heterocycles. The Labute approximate surface area is 187 Å². The van der Waals surface area contributed by atoms with E-state index in [2.05, 4.69) is 9.88 Å². The van der Waals surface area contributed by atoms with Crippen LogP contribution in [0.4, 0.5) is 15.0 Å². The fourth-order valence-corrected chi connectivity index (χ4v) is 4.20. The molecule has 2 atom stereocenters. The summed E-state index contributed by atoms with van der Waals surface area (Å²) >= 11 is 0. The summed E-state index contributed by atoms with van der Waals surface area (Å²) in [4.78, 5) is 21.0. The predicted molar refractivity (Wildman–Crippen MR) is 117 cm³/mol. The number of hydrogen-bond donors (Lipinski definition) is 0. The number of aromatic nitrogens is 1. The fourth-order valence-electron chi connectivity index (χ4n) is 4.20. The number of fused-ring (bicyclic) bond motifs is 1. The van der Waals surface area contributed by atoms with Gasteiger partial charge < -0.3 is 19.3 Å². The number of nitrogens with zero attached hydrogens (tertiary/aromatic N) is 4. The highest BCUT2D eigenvalue weighted by Gasteiger charge is 2.43. The van der Waals surface area contributed by atoms with Gasteiger partial charge in [-0.25, -0.2) is 9.18 Å². The van der Waals surface area contributed by atoms with Crippen LogP contribution in [0.2, 0.25) is 0 Å². The molecule has 2 aliphatic heterocycles. The molecule has 8 heteroatoms. The van der Waals surface area contributed by atoms with E-state index in [0.717, 1.165) is 18.9 Å². The van der Waals surface area contributed by atoms with Crippen molar-refractivity contribution in [1.29, 1.82) is 5.26 Å². The minimum Gasteiger partial charge on any atom is -0.473 e. The van der Waals surface area contributed by atoms with Crippen LogP contribution < -0.4 is 9.64 Å². The third-order valence-electron chi connectivity index (χ3n) is 5.73. The Morgan fingerprint density at radius 1 is 1.19 bits per heavy atom. The number of nitriles is 1. The van der Waals surface area contributed by atoms with E-state index in [1.807, 2.05) is 39.0 Å². The number of carbonyl (C=O) groups is 1. The first kappa shape index (κ1) is 21.9. The van der Waals surface area contributed by atoms with Crippen molar-refractivity contribution in [3.05, 3.63) is 53.3 Å². The summed E-state index contributed by atoms with van der Waals surface area (Å²) in [6, 6.07) is 11.8. The maximum absolute atomic E-state index is 14.1. The lowest BCUT2D eigenvalue weighted by Crippen LogP contribution is -2.37. The van der Waals surface area contributed by atoms with Crippen LogP contribution in [0.25, 0.3) is 0 Å². The molecule has 0 radical (unpaired) electrons. The monoisotopic (exact) mass is 438 g/mol. The normalized spacial score (nSPS) is 20.1. The van der Waals surface area contributed by atoms with Crippen molar-refractivity contribution >= 4 is 11.9 Å². The van der Waals surface area contributed by atoms with Gasteiger partial charge in [-0.1, -0.05) is 12.1 Å². The molecule has 32 heavy (non-hydrogen) atoms. The molecule has 0 bridgehead atoms. The number of benzene rings is 1. The van der Waals surface area contributed by atoms with Gasteiger partial charge in [0.15, 0.2) is 0 Å². The van der Waals surface area contributed by atoms with Gasteiger partial charge in [-0.15, -0.1) is 0 Å². The zero-order valence-electron chi connectivity index (χ0n) is 18.5. The number of halogens is 1. The molecule has 2 fully saturated rings. The molecule has 0 saturated carbocycles. The number of hydrogen-bond acceptors (Lipinski definition) is 6. The lowest BCUT2D eigenvalue weighted by Gasteiger charge is -2.26. The van der Waals surface area contributed by atoms with Gasteiger partial charge in [0.1, 0.15) is 23.8 Å². The minimum absolute atomic E-state index is 0.0318. The molecule has 2 unspecified atom stereocenters. The first-order chi connectivity index (χ1) is 15.2. The molecule has 168 valence electrons. The van der Waals surface area contributed by atoms with Gasteiger partial charge in [-0.3, -0.25) is 0 Å². The molecule has 0 aliphatic carbocycles. The third kappa shape index (κ3) is 4.93. The van der Waals surface area contributed by atoms with Gasteiger partial charge in [0.05, 0.1) is 11.6 Å². The molecule has 1 aromatic carbocycles. The second-order valence-corrected chi connectivity index (χ2v) is 9.35. The van der Waals surface area contributed by atoms with E-state index in [1.54, 1.807) is 23.1 Å². The number of anilines is 1. The number of carbonyl (C=O) groups excluding carboxylic acids is 1. The summed E-state index contributed by atoms with van der Waals surface area (Å²) in [5.74, 6) is 1.50. The van der Waals surface area contributed by atoms with Crippen LogP contribution in [0.3, 0.4) is 0 Å². The molecule has 2 saturated heterocycles. The van der Waals surface area contributed by atoms with Gasteiger partial charge in [0.2, 0.25) is 5.88 Å². The van der Waals surface area contributed by atoms with Gasteiger partial charge in [0.25, 0.3) is 0 Å². The van der Waals surface area contributed by atoms with Gasteiger partial charge in [-0.05, 0) is 39.0 Å². The van der Waals surface area contributed by atoms with Crippen molar-refractivity contribution in [3.8, 4) is 11.9 Å². The molecular formula is C24H27FN4O3. The largest absolute Gasteiger partial charge is 0.473 e. The number of ether oxygens (including phenoxy) is 2. The summed E-state index contributed by atoms with van der Waals surface area (Å²) < 4.78 is 25.3. The highest BCUT2D eigenvalue weighted by Crippen LogP contribution is 2.34. The zero-order valence-corrected chi connectivity index (χ0v) is 18.5. The maximum Gasteiger partial charge on any atom is 0.410 e. The molecule has 2 aromatic rings. The summed E-state index contributed by atoms with van der Waals surface area (Å²) in [7, 11) is 0. The minimum atomic E-state index is -0.494. The van der Waals surface area contributed by atoms with Gasteiger partial charge in [0, 0.05) is 49.6 Å². The van der Waals surface area contributed by atoms with E-state index >= 15 is 0 Å². The topological polar surface area (TPSA) is 78.7 Å². The summed E-state index contributed by atoms with van der Waals surface area (Å²) in [6.07, 6.45) is -0.248. The SMILES string of the molecule is CC(C)(C)OC(=O)N1CC2CN(c3cccc(OCc4ccc(C#N)cc4F)n3)CC2C1. The van der Waals surface area contributed by atoms with E-state index in [-0.39, 0.29) is 18.3 Å². The van der Waals surface area contributed by atoms with Crippen molar-refractivity contribution < 1.29 is 18.7 Å². The standard InChI is InChI=1S/C24H27FN4O3/c1-24(2,3)32-23(30)29-13-18-11-28(12-19(18)14-29)21-5-4-6-22(27-21)31-15-17-8-7-16(10-26)9-20(17)25/h4-9,18-19H,11-15H2,1-3H3. The smallest absolute Gasteiger partial charge is 0.410 e. The quantitative estimate of drug-likeness (QED) is 0.719.